The molecule has 0 aliphatic carbocycles. The minimum Gasteiger partial charge on any atom is -0.373 e. The lowest BCUT2D eigenvalue weighted by molar-refractivity contribution is -0.244. The first-order chi connectivity index (χ1) is 10.2. The Balaban J connectivity index is 2.44. The van der Waals surface area contributed by atoms with Gasteiger partial charge in [0.1, 0.15) is 5.82 Å². The van der Waals surface area contributed by atoms with E-state index in [0.717, 1.165) is 17.7 Å². The molecular formula is C17H14F4O. The molecule has 5 heteroatoms. The highest BCUT2D eigenvalue weighted by molar-refractivity contribution is 5.52. The van der Waals surface area contributed by atoms with Crippen molar-refractivity contribution >= 4 is 6.08 Å². The summed E-state index contributed by atoms with van der Waals surface area (Å²) in [6.45, 7) is 1.74. The molecule has 0 saturated heterocycles. The van der Waals surface area contributed by atoms with Crippen LogP contribution in [0.15, 0.2) is 54.6 Å². The van der Waals surface area contributed by atoms with Gasteiger partial charge in [0, 0.05) is 0 Å². The monoisotopic (exact) mass is 310 g/mol. The Morgan fingerprint density at radius 1 is 1.00 bits per heavy atom. The van der Waals surface area contributed by atoms with Crippen LogP contribution in [0.4, 0.5) is 17.6 Å². The van der Waals surface area contributed by atoms with E-state index in [0.29, 0.717) is 6.08 Å². The van der Waals surface area contributed by atoms with Gasteiger partial charge < -0.3 is 5.11 Å². The Hall–Kier alpha value is -2.14. The summed E-state index contributed by atoms with van der Waals surface area (Å²) in [6, 6.07) is 10.5. The number of hydrogen-bond acceptors (Lipinski definition) is 1. The largest absolute Gasteiger partial charge is 0.425 e. The maximum atomic E-state index is 13.3. The molecule has 1 N–H and O–H groups in total. The molecule has 0 aliphatic rings. The van der Waals surface area contributed by atoms with Gasteiger partial charge in [-0.25, -0.2) is 4.39 Å². The van der Waals surface area contributed by atoms with Crippen LogP contribution in [0, 0.1) is 12.7 Å². The molecule has 116 valence electrons. The molecule has 0 radical (unpaired) electrons. The number of benzene rings is 2. The average Bonchev–Trinajstić information content (AvgIpc) is 2.44. The maximum absolute atomic E-state index is 13.3. The summed E-state index contributed by atoms with van der Waals surface area (Å²) in [5.74, 6) is -0.562. The minimum absolute atomic E-state index is 0.231. The summed E-state index contributed by atoms with van der Waals surface area (Å²) >= 11 is 0. The molecular weight excluding hydrogens is 296 g/mol. The first-order valence-corrected chi connectivity index (χ1v) is 6.53. The fourth-order valence-electron chi connectivity index (χ4n) is 1.99. The second-order valence-corrected chi connectivity index (χ2v) is 5.02. The van der Waals surface area contributed by atoms with Crippen LogP contribution in [-0.2, 0) is 5.60 Å². The number of aryl methyl sites for hydroxylation is 1. The van der Waals surface area contributed by atoms with E-state index in [-0.39, 0.29) is 11.1 Å². The van der Waals surface area contributed by atoms with Crippen LogP contribution in [-0.4, -0.2) is 11.3 Å². The Labute approximate surface area is 125 Å². The van der Waals surface area contributed by atoms with E-state index < -0.39 is 17.6 Å². The molecule has 0 amide bonds. The summed E-state index contributed by atoms with van der Waals surface area (Å²) in [7, 11) is 0. The zero-order chi connectivity index (χ0) is 16.4. The van der Waals surface area contributed by atoms with E-state index in [9.17, 15) is 22.7 Å². The molecule has 1 unspecified atom stereocenters. The lowest BCUT2D eigenvalue weighted by Crippen LogP contribution is -2.40. The van der Waals surface area contributed by atoms with Gasteiger partial charge in [0.15, 0.2) is 0 Å². The SMILES string of the molecule is Cc1ccc(C(O)(C=Cc2cccc(F)c2)C(F)(F)F)cc1. The van der Waals surface area contributed by atoms with Gasteiger partial charge >= 0.3 is 6.18 Å². The molecule has 0 bridgehead atoms. The molecule has 2 rings (SSSR count). The van der Waals surface area contributed by atoms with Crippen molar-refractivity contribution in [3.63, 3.8) is 0 Å². The zero-order valence-corrected chi connectivity index (χ0v) is 11.7. The fraction of sp³-hybridized carbons (Fsp3) is 0.176. The van der Waals surface area contributed by atoms with Gasteiger partial charge in [-0.15, -0.1) is 0 Å². The third-order valence-electron chi connectivity index (χ3n) is 3.29. The van der Waals surface area contributed by atoms with Crippen LogP contribution in [0.25, 0.3) is 6.08 Å². The van der Waals surface area contributed by atoms with Gasteiger partial charge in [-0.3, -0.25) is 0 Å². The smallest absolute Gasteiger partial charge is 0.373 e. The number of halogens is 4. The summed E-state index contributed by atoms with van der Waals surface area (Å²) < 4.78 is 53.0. The number of alkyl halides is 3. The molecule has 1 atom stereocenters. The lowest BCUT2D eigenvalue weighted by Gasteiger charge is -2.28. The van der Waals surface area contributed by atoms with Crippen molar-refractivity contribution in [3.8, 4) is 0 Å². The second-order valence-electron chi connectivity index (χ2n) is 5.02. The number of rotatable bonds is 3. The fourth-order valence-corrected chi connectivity index (χ4v) is 1.99. The van der Waals surface area contributed by atoms with E-state index >= 15 is 0 Å². The molecule has 0 heterocycles. The van der Waals surface area contributed by atoms with Crippen LogP contribution in [0.3, 0.4) is 0 Å². The standard InChI is InChI=1S/C17H14F4O/c1-12-5-7-14(8-6-12)16(22,17(19,20)21)10-9-13-3-2-4-15(18)11-13/h2-11,22H,1H3. The number of aliphatic hydroxyl groups is 1. The van der Waals surface area contributed by atoms with Crippen molar-refractivity contribution in [2.24, 2.45) is 0 Å². The van der Waals surface area contributed by atoms with Gasteiger partial charge in [0.25, 0.3) is 0 Å². The molecule has 2 aromatic rings. The van der Waals surface area contributed by atoms with Crippen molar-refractivity contribution in [1.29, 1.82) is 0 Å². The average molecular weight is 310 g/mol. The van der Waals surface area contributed by atoms with Gasteiger partial charge in [0.2, 0.25) is 5.60 Å². The predicted molar refractivity (Wildman–Crippen MR) is 76.6 cm³/mol. The third kappa shape index (κ3) is 3.36. The molecule has 2 aromatic carbocycles. The van der Waals surface area contributed by atoms with Crippen LogP contribution >= 0.6 is 0 Å². The highest BCUT2D eigenvalue weighted by Crippen LogP contribution is 2.40. The topological polar surface area (TPSA) is 20.2 Å². The quantitative estimate of drug-likeness (QED) is 0.822. The van der Waals surface area contributed by atoms with Gasteiger partial charge in [-0.2, -0.15) is 13.2 Å². The maximum Gasteiger partial charge on any atom is 0.425 e. The minimum atomic E-state index is -4.90. The van der Waals surface area contributed by atoms with Crippen LogP contribution in [0.2, 0.25) is 0 Å². The Bertz CT molecular complexity index is 674. The van der Waals surface area contributed by atoms with Crippen LogP contribution in [0.5, 0.6) is 0 Å². The summed E-state index contributed by atoms with van der Waals surface area (Å²) in [4.78, 5) is 0. The molecule has 0 spiro atoms. The first kappa shape index (κ1) is 16.2. The Morgan fingerprint density at radius 3 is 2.18 bits per heavy atom. The van der Waals surface area contributed by atoms with E-state index in [1.54, 1.807) is 6.92 Å². The van der Waals surface area contributed by atoms with Crippen molar-refractivity contribution in [2.75, 3.05) is 0 Å². The second kappa shape index (κ2) is 5.93. The normalized spacial score (nSPS) is 15.0. The zero-order valence-electron chi connectivity index (χ0n) is 11.7. The molecule has 0 fully saturated rings. The number of hydrogen-bond donors (Lipinski definition) is 1. The Morgan fingerprint density at radius 2 is 1.64 bits per heavy atom. The summed E-state index contributed by atoms with van der Waals surface area (Å²) in [5, 5.41) is 10.1. The van der Waals surface area contributed by atoms with Crippen molar-refractivity contribution in [2.45, 2.75) is 18.7 Å². The molecule has 0 saturated carbocycles. The molecule has 0 aromatic heterocycles. The molecule has 0 aliphatic heterocycles. The molecule has 22 heavy (non-hydrogen) atoms. The van der Waals surface area contributed by atoms with E-state index in [2.05, 4.69) is 0 Å². The predicted octanol–water partition coefficient (Wildman–Crippen LogP) is 4.60. The van der Waals surface area contributed by atoms with E-state index in [1.807, 2.05) is 0 Å². The first-order valence-electron chi connectivity index (χ1n) is 6.53. The van der Waals surface area contributed by atoms with Gasteiger partial charge in [-0.1, -0.05) is 48.0 Å². The third-order valence-corrected chi connectivity index (χ3v) is 3.29. The van der Waals surface area contributed by atoms with Crippen LogP contribution < -0.4 is 0 Å². The van der Waals surface area contributed by atoms with E-state index in [4.69, 9.17) is 0 Å². The summed E-state index contributed by atoms with van der Waals surface area (Å²) in [6.07, 6.45) is -3.21. The lowest BCUT2D eigenvalue weighted by atomic mass is 9.91. The van der Waals surface area contributed by atoms with Crippen molar-refractivity contribution < 1.29 is 22.7 Å². The highest BCUT2D eigenvalue weighted by atomic mass is 19.4. The summed E-state index contributed by atoms with van der Waals surface area (Å²) in [5.41, 5.74) is -2.41. The van der Waals surface area contributed by atoms with Crippen LogP contribution in [0.1, 0.15) is 16.7 Å². The van der Waals surface area contributed by atoms with Gasteiger partial charge in [0.05, 0.1) is 0 Å². The molecule has 1 nitrogen and oxygen atoms in total. The van der Waals surface area contributed by atoms with Crippen molar-refractivity contribution in [1.82, 2.24) is 0 Å². The van der Waals surface area contributed by atoms with Gasteiger partial charge in [-0.05, 0) is 36.3 Å². The van der Waals surface area contributed by atoms with Crippen molar-refractivity contribution in [3.05, 3.63) is 77.1 Å². The Kier molecular flexibility index (Phi) is 4.37. The highest BCUT2D eigenvalue weighted by Gasteiger charge is 2.53. The van der Waals surface area contributed by atoms with E-state index in [1.165, 1.54) is 42.5 Å².